The molecule has 0 aliphatic carbocycles. The van der Waals surface area contributed by atoms with E-state index in [1.807, 2.05) is 26.0 Å². The number of carbonyl (C=O) groups is 3. The molecule has 1 rings (SSSR count). The smallest absolute Gasteiger partial charge is 0.319 e. The van der Waals surface area contributed by atoms with Crippen molar-refractivity contribution in [2.75, 3.05) is 11.9 Å². The van der Waals surface area contributed by atoms with E-state index in [-0.39, 0.29) is 37.0 Å². The highest BCUT2D eigenvalue weighted by Crippen LogP contribution is 2.16. The molecular formula is C17H23BrN2O4. The second-order valence-corrected chi connectivity index (χ2v) is 6.94. The quantitative estimate of drug-likeness (QED) is 0.591. The average molecular weight is 399 g/mol. The maximum Gasteiger partial charge on any atom is 0.319 e. The maximum atomic E-state index is 12.2. The Kier molecular flexibility index (Phi) is 8.46. The molecule has 1 atom stereocenters. The summed E-state index contributed by atoms with van der Waals surface area (Å²) in [5, 5.41) is 14.1. The lowest BCUT2D eigenvalue weighted by atomic mass is 9.91. The zero-order valence-corrected chi connectivity index (χ0v) is 15.4. The fourth-order valence-electron chi connectivity index (χ4n) is 2.26. The van der Waals surface area contributed by atoms with Gasteiger partial charge in [-0.15, -0.1) is 0 Å². The van der Waals surface area contributed by atoms with Crippen LogP contribution in [0, 0.1) is 11.8 Å². The van der Waals surface area contributed by atoms with Crippen LogP contribution in [0.25, 0.3) is 0 Å². The molecular weight excluding hydrogens is 376 g/mol. The Morgan fingerprint density at radius 3 is 2.29 bits per heavy atom. The Morgan fingerprint density at radius 2 is 1.75 bits per heavy atom. The molecule has 0 aliphatic rings. The fourth-order valence-corrected chi connectivity index (χ4v) is 2.52. The number of benzene rings is 1. The molecule has 0 aliphatic heterocycles. The maximum absolute atomic E-state index is 12.2. The van der Waals surface area contributed by atoms with Gasteiger partial charge in [0.15, 0.2) is 0 Å². The van der Waals surface area contributed by atoms with Crippen LogP contribution in [0.4, 0.5) is 10.5 Å². The SMILES string of the molecule is CC(C)CC(CNC(=O)Nc1ccc(Br)cc1)C(=O)CCC(=O)O. The molecule has 1 aromatic carbocycles. The van der Waals surface area contributed by atoms with Gasteiger partial charge in [-0.3, -0.25) is 9.59 Å². The van der Waals surface area contributed by atoms with Gasteiger partial charge >= 0.3 is 12.0 Å². The summed E-state index contributed by atoms with van der Waals surface area (Å²) in [6.45, 7) is 4.16. The molecule has 0 aromatic heterocycles. The number of carbonyl (C=O) groups excluding carboxylic acids is 2. The van der Waals surface area contributed by atoms with E-state index in [0.29, 0.717) is 12.1 Å². The third-order valence-corrected chi connectivity index (χ3v) is 3.94. The third-order valence-electron chi connectivity index (χ3n) is 3.41. The number of urea groups is 1. The molecule has 3 N–H and O–H groups in total. The highest BCUT2D eigenvalue weighted by molar-refractivity contribution is 9.10. The van der Waals surface area contributed by atoms with Gasteiger partial charge in [-0.05, 0) is 36.6 Å². The van der Waals surface area contributed by atoms with Crippen LogP contribution in [-0.4, -0.2) is 29.4 Å². The van der Waals surface area contributed by atoms with E-state index in [1.165, 1.54) is 0 Å². The summed E-state index contributed by atoms with van der Waals surface area (Å²) in [6, 6.07) is 6.75. The average Bonchev–Trinajstić information content (AvgIpc) is 2.51. The molecule has 24 heavy (non-hydrogen) atoms. The molecule has 2 amide bonds. The van der Waals surface area contributed by atoms with Crippen LogP contribution in [0.3, 0.4) is 0 Å². The Labute approximate surface area is 150 Å². The van der Waals surface area contributed by atoms with Crippen molar-refractivity contribution in [1.29, 1.82) is 0 Å². The van der Waals surface area contributed by atoms with Crippen molar-refractivity contribution >= 4 is 39.4 Å². The summed E-state index contributed by atoms with van der Waals surface area (Å²) in [7, 11) is 0. The lowest BCUT2D eigenvalue weighted by Crippen LogP contribution is -2.36. The lowest BCUT2D eigenvalue weighted by molar-refractivity contribution is -0.139. The van der Waals surface area contributed by atoms with Gasteiger partial charge in [0.2, 0.25) is 0 Å². The summed E-state index contributed by atoms with van der Waals surface area (Å²) in [4.78, 5) is 34.7. The Morgan fingerprint density at radius 1 is 1.12 bits per heavy atom. The Balaban J connectivity index is 2.53. The van der Waals surface area contributed by atoms with Gasteiger partial charge in [0.1, 0.15) is 5.78 Å². The zero-order chi connectivity index (χ0) is 18.1. The second-order valence-electron chi connectivity index (χ2n) is 6.03. The van der Waals surface area contributed by atoms with E-state index in [9.17, 15) is 14.4 Å². The molecule has 0 saturated carbocycles. The molecule has 0 spiro atoms. The van der Waals surface area contributed by atoms with Gasteiger partial charge < -0.3 is 15.7 Å². The van der Waals surface area contributed by atoms with Crippen LogP contribution in [-0.2, 0) is 9.59 Å². The molecule has 132 valence electrons. The highest BCUT2D eigenvalue weighted by atomic mass is 79.9. The van der Waals surface area contributed by atoms with Gasteiger partial charge in [-0.1, -0.05) is 29.8 Å². The number of hydrogen-bond donors (Lipinski definition) is 3. The van der Waals surface area contributed by atoms with Crippen LogP contribution in [0.5, 0.6) is 0 Å². The first-order valence-electron chi connectivity index (χ1n) is 7.83. The first-order chi connectivity index (χ1) is 11.3. The van der Waals surface area contributed by atoms with Crippen LogP contribution in [0.1, 0.15) is 33.1 Å². The van der Waals surface area contributed by atoms with E-state index in [0.717, 1.165) is 4.47 Å². The molecule has 0 fully saturated rings. The molecule has 0 saturated heterocycles. The predicted octanol–water partition coefficient (Wildman–Crippen LogP) is 3.67. The zero-order valence-electron chi connectivity index (χ0n) is 13.8. The monoisotopic (exact) mass is 398 g/mol. The number of aliphatic carboxylic acids is 1. The molecule has 0 radical (unpaired) electrons. The lowest BCUT2D eigenvalue weighted by Gasteiger charge is -2.18. The van der Waals surface area contributed by atoms with Gasteiger partial charge in [0, 0.05) is 29.0 Å². The van der Waals surface area contributed by atoms with E-state index in [2.05, 4.69) is 26.6 Å². The normalized spacial score (nSPS) is 11.8. The first kappa shape index (κ1) is 20.2. The van der Waals surface area contributed by atoms with E-state index in [1.54, 1.807) is 12.1 Å². The molecule has 0 heterocycles. The third kappa shape index (κ3) is 8.10. The minimum absolute atomic E-state index is 0.0112. The van der Waals surface area contributed by atoms with Gasteiger partial charge in [-0.2, -0.15) is 0 Å². The number of carboxylic acid groups (broad SMARTS) is 1. The summed E-state index contributed by atoms with van der Waals surface area (Å²) >= 11 is 3.32. The summed E-state index contributed by atoms with van der Waals surface area (Å²) in [6.07, 6.45) is 0.415. The number of halogens is 1. The minimum atomic E-state index is -0.993. The summed E-state index contributed by atoms with van der Waals surface area (Å²) in [5.41, 5.74) is 0.647. The van der Waals surface area contributed by atoms with Crippen molar-refractivity contribution in [3.05, 3.63) is 28.7 Å². The molecule has 1 unspecified atom stereocenters. The summed E-state index contributed by atoms with van der Waals surface area (Å²) < 4.78 is 0.912. The van der Waals surface area contributed by atoms with E-state index < -0.39 is 12.0 Å². The predicted molar refractivity (Wildman–Crippen MR) is 96.0 cm³/mol. The molecule has 7 heteroatoms. The van der Waals surface area contributed by atoms with Gasteiger partial charge in [0.25, 0.3) is 0 Å². The first-order valence-corrected chi connectivity index (χ1v) is 8.62. The largest absolute Gasteiger partial charge is 0.481 e. The number of ketones is 1. The molecule has 0 bridgehead atoms. The van der Waals surface area contributed by atoms with Crippen molar-refractivity contribution in [2.24, 2.45) is 11.8 Å². The van der Waals surface area contributed by atoms with Crippen LogP contribution < -0.4 is 10.6 Å². The van der Waals surface area contributed by atoms with Crippen LogP contribution in [0.2, 0.25) is 0 Å². The second kappa shape index (κ2) is 10.1. The van der Waals surface area contributed by atoms with Crippen molar-refractivity contribution < 1.29 is 19.5 Å². The molecule has 1 aromatic rings. The summed E-state index contributed by atoms with van der Waals surface area (Å²) in [5.74, 6) is -1.22. The van der Waals surface area contributed by atoms with E-state index >= 15 is 0 Å². The fraction of sp³-hybridized carbons (Fsp3) is 0.471. The van der Waals surface area contributed by atoms with E-state index in [4.69, 9.17) is 5.11 Å². The topological polar surface area (TPSA) is 95.5 Å². The number of Topliss-reactive ketones (excluding diaryl/α,β-unsaturated/α-hetero) is 1. The standard InChI is InChI=1S/C17H23BrN2O4/c1-11(2)9-12(15(21)7-8-16(22)23)10-19-17(24)20-14-5-3-13(18)4-6-14/h3-6,11-12H,7-10H2,1-2H3,(H,22,23)(H2,19,20,24). The molecule has 6 nitrogen and oxygen atoms in total. The number of nitrogens with one attached hydrogen (secondary N) is 2. The highest BCUT2D eigenvalue weighted by Gasteiger charge is 2.21. The Bertz CT molecular complexity index is 572. The van der Waals surface area contributed by atoms with Crippen LogP contribution >= 0.6 is 15.9 Å². The number of anilines is 1. The minimum Gasteiger partial charge on any atom is -0.481 e. The number of amides is 2. The van der Waals surface area contributed by atoms with Crippen molar-refractivity contribution in [2.45, 2.75) is 33.1 Å². The van der Waals surface area contributed by atoms with Crippen LogP contribution in [0.15, 0.2) is 28.7 Å². The number of carboxylic acids is 1. The Hall–Kier alpha value is -1.89. The van der Waals surface area contributed by atoms with Crippen molar-refractivity contribution in [1.82, 2.24) is 5.32 Å². The van der Waals surface area contributed by atoms with Gasteiger partial charge in [0.05, 0.1) is 6.42 Å². The van der Waals surface area contributed by atoms with Gasteiger partial charge in [-0.25, -0.2) is 4.79 Å². The van der Waals surface area contributed by atoms with Crippen molar-refractivity contribution in [3.63, 3.8) is 0 Å². The van der Waals surface area contributed by atoms with Crippen molar-refractivity contribution in [3.8, 4) is 0 Å². The number of hydrogen-bond acceptors (Lipinski definition) is 3. The number of rotatable bonds is 9.